The number of fused-ring (bicyclic) bond motifs is 1. The van der Waals surface area contributed by atoms with Gasteiger partial charge < -0.3 is 10.6 Å². The minimum absolute atomic E-state index is 0.0625. The summed E-state index contributed by atoms with van der Waals surface area (Å²) in [5.41, 5.74) is 8.24. The number of hydrogen-bond donors (Lipinski definition) is 1. The zero-order valence-corrected chi connectivity index (χ0v) is 14.4. The van der Waals surface area contributed by atoms with E-state index in [4.69, 9.17) is 5.73 Å². The number of likely N-dealkylation sites (tertiary alicyclic amines) is 1. The summed E-state index contributed by atoms with van der Waals surface area (Å²) in [6.07, 6.45) is 2.98. The van der Waals surface area contributed by atoms with Crippen LogP contribution < -0.4 is 5.73 Å². The van der Waals surface area contributed by atoms with Crippen LogP contribution in [0, 0.1) is 13.8 Å². The molecule has 1 saturated heterocycles. The van der Waals surface area contributed by atoms with E-state index in [-0.39, 0.29) is 24.3 Å². The number of hydrogen-bond acceptors (Lipinski definition) is 4. The van der Waals surface area contributed by atoms with Gasteiger partial charge in [-0.05, 0) is 39.2 Å². The van der Waals surface area contributed by atoms with E-state index in [2.05, 4.69) is 10.1 Å². The van der Waals surface area contributed by atoms with Gasteiger partial charge >= 0.3 is 0 Å². The third-order valence-electron chi connectivity index (χ3n) is 4.65. The first-order chi connectivity index (χ1) is 11.4. The van der Waals surface area contributed by atoms with E-state index in [1.165, 1.54) is 0 Å². The minimum Gasteiger partial charge on any atom is -0.370 e. The van der Waals surface area contributed by atoms with Gasteiger partial charge in [0.1, 0.15) is 0 Å². The zero-order valence-electron chi connectivity index (χ0n) is 14.4. The number of aryl methyl sites for hydroxylation is 3. The molecule has 128 valence electrons. The number of aromatic nitrogens is 3. The van der Waals surface area contributed by atoms with Crippen LogP contribution in [0.25, 0.3) is 11.0 Å². The van der Waals surface area contributed by atoms with Gasteiger partial charge in [-0.3, -0.25) is 14.3 Å². The van der Waals surface area contributed by atoms with Gasteiger partial charge in [0.15, 0.2) is 5.65 Å². The summed E-state index contributed by atoms with van der Waals surface area (Å²) >= 11 is 0. The lowest BCUT2D eigenvalue weighted by molar-refractivity contribution is -0.119. The van der Waals surface area contributed by atoms with Gasteiger partial charge in [0.2, 0.25) is 5.91 Å². The quantitative estimate of drug-likeness (QED) is 0.922. The Morgan fingerprint density at radius 2 is 2.08 bits per heavy atom. The first-order valence-electron chi connectivity index (χ1n) is 8.28. The summed E-state index contributed by atoms with van der Waals surface area (Å²) in [4.78, 5) is 30.9. The maximum absolute atomic E-state index is 13.2. The molecule has 0 radical (unpaired) electrons. The van der Waals surface area contributed by atoms with Crippen molar-refractivity contribution in [1.82, 2.24) is 19.7 Å². The number of piperidine rings is 1. The number of rotatable bonds is 3. The molecule has 7 heteroatoms. The molecule has 1 fully saturated rings. The Kier molecular flexibility index (Phi) is 4.26. The average Bonchev–Trinajstić information content (AvgIpc) is 2.80. The highest BCUT2D eigenvalue weighted by molar-refractivity contribution is 6.06. The van der Waals surface area contributed by atoms with Gasteiger partial charge in [-0.2, -0.15) is 5.10 Å². The average molecular weight is 329 g/mol. The second-order valence-corrected chi connectivity index (χ2v) is 6.54. The summed E-state index contributed by atoms with van der Waals surface area (Å²) < 4.78 is 1.70. The van der Waals surface area contributed by atoms with E-state index < -0.39 is 0 Å². The molecular formula is C17H23N5O2. The van der Waals surface area contributed by atoms with E-state index in [0.29, 0.717) is 17.8 Å². The van der Waals surface area contributed by atoms with Crippen LogP contribution in [0.4, 0.5) is 0 Å². The molecule has 2 amide bonds. The molecule has 0 spiro atoms. The van der Waals surface area contributed by atoms with Crippen LogP contribution in [-0.4, -0.2) is 44.1 Å². The number of carbonyl (C=O) groups excluding carboxylic acids is 2. The largest absolute Gasteiger partial charge is 0.370 e. The molecule has 3 rings (SSSR count). The van der Waals surface area contributed by atoms with E-state index in [9.17, 15) is 9.59 Å². The van der Waals surface area contributed by atoms with Crippen LogP contribution in [0.15, 0.2) is 6.07 Å². The van der Waals surface area contributed by atoms with Crippen molar-refractivity contribution in [2.75, 3.05) is 6.54 Å². The fourth-order valence-corrected chi connectivity index (χ4v) is 3.61. The highest BCUT2D eigenvalue weighted by Gasteiger charge is 2.30. The highest BCUT2D eigenvalue weighted by atomic mass is 16.2. The number of carbonyl (C=O) groups is 2. The Morgan fingerprint density at radius 3 is 2.79 bits per heavy atom. The molecule has 1 aliphatic rings. The number of nitrogens with zero attached hydrogens (tertiary/aromatic N) is 4. The first-order valence-corrected chi connectivity index (χ1v) is 8.28. The SMILES string of the molecule is Cc1cc(C(=O)N2CCCC[C@@H]2CC(N)=O)c2c(C)nn(C)c2n1. The molecule has 0 saturated carbocycles. The lowest BCUT2D eigenvalue weighted by atomic mass is 9.97. The van der Waals surface area contributed by atoms with Crippen LogP contribution in [0.3, 0.4) is 0 Å². The first kappa shape index (κ1) is 16.4. The molecule has 0 unspecified atom stereocenters. The molecule has 24 heavy (non-hydrogen) atoms. The third kappa shape index (κ3) is 2.86. The molecule has 2 N–H and O–H groups in total. The second kappa shape index (κ2) is 6.22. The zero-order chi connectivity index (χ0) is 17.4. The van der Waals surface area contributed by atoms with E-state index >= 15 is 0 Å². The molecule has 0 aromatic carbocycles. The second-order valence-electron chi connectivity index (χ2n) is 6.54. The van der Waals surface area contributed by atoms with E-state index in [0.717, 1.165) is 36.0 Å². The molecule has 7 nitrogen and oxygen atoms in total. The van der Waals surface area contributed by atoms with Crippen molar-refractivity contribution in [3.63, 3.8) is 0 Å². The summed E-state index contributed by atoms with van der Waals surface area (Å²) in [6.45, 7) is 4.40. The summed E-state index contributed by atoms with van der Waals surface area (Å²) in [7, 11) is 1.83. The lowest BCUT2D eigenvalue weighted by Crippen LogP contribution is -2.45. The fourth-order valence-electron chi connectivity index (χ4n) is 3.61. The molecule has 0 aliphatic carbocycles. The van der Waals surface area contributed by atoms with Gasteiger partial charge in [0, 0.05) is 31.7 Å². The van der Waals surface area contributed by atoms with Crippen molar-refractivity contribution in [1.29, 1.82) is 0 Å². The molecule has 2 aromatic heterocycles. The van der Waals surface area contributed by atoms with Crippen molar-refractivity contribution in [3.8, 4) is 0 Å². The Morgan fingerprint density at radius 1 is 1.33 bits per heavy atom. The Bertz CT molecular complexity index is 811. The standard InChI is InChI=1S/C17H23N5O2/c1-10-8-13(15-11(2)20-21(3)16(15)19-10)17(24)22-7-5-4-6-12(22)9-14(18)23/h8,12H,4-7,9H2,1-3H3,(H2,18,23)/t12-/m1/s1. The van der Waals surface area contributed by atoms with Gasteiger partial charge in [-0.25, -0.2) is 4.98 Å². The number of amides is 2. The lowest BCUT2D eigenvalue weighted by Gasteiger charge is -2.35. The Labute approximate surface area is 140 Å². The van der Waals surface area contributed by atoms with Crippen LogP contribution in [0.2, 0.25) is 0 Å². The molecule has 3 heterocycles. The predicted octanol–water partition coefficient (Wildman–Crippen LogP) is 1.46. The Hall–Kier alpha value is -2.44. The van der Waals surface area contributed by atoms with Crippen molar-refractivity contribution in [3.05, 3.63) is 23.0 Å². The van der Waals surface area contributed by atoms with Crippen molar-refractivity contribution in [2.24, 2.45) is 12.8 Å². The van der Waals surface area contributed by atoms with Crippen molar-refractivity contribution < 1.29 is 9.59 Å². The van der Waals surface area contributed by atoms with Gasteiger partial charge in [0.05, 0.1) is 16.6 Å². The van der Waals surface area contributed by atoms with Crippen molar-refractivity contribution in [2.45, 2.75) is 45.6 Å². The smallest absolute Gasteiger partial charge is 0.255 e. The summed E-state index contributed by atoms with van der Waals surface area (Å²) in [6, 6.07) is 1.69. The molecular weight excluding hydrogens is 306 g/mol. The third-order valence-corrected chi connectivity index (χ3v) is 4.65. The van der Waals surface area contributed by atoms with Gasteiger partial charge in [-0.1, -0.05) is 0 Å². The number of nitrogens with two attached hydrogens (primary N) is 1. The number of primary amides is 1. The Balaban J connectivity index is 2.05. The molecule has 0 bridgehead atoms. The maximum atomic E-state index is 13.2. The highest BCUT2D eigenvalue weighted by Crippen LogP contribution is 2.27. The summed E-state index contributed by atoms with van der Waals surface area (Å²) in [5.74, 6) is -0.430. The van der Waals surface area contributed by atoms with Crippen LogP contribution in [0.1, 0.15) is 47.4 Å². The minimum atomic E-state index is -0.367. The fraction of sp³-hybridized carbons (Fsp3) is 0.529. The van der Waals surface area contributed by atoms with E-state index in [1.807, 2.05) is 27.0 Å². The monoisotopic (exact) mass is 329 g/mol. The van der Waals surface area contributed by atoms with Crippen LogP contribution >= 0.6 is 0 Å². The molecule has 1 atom stereocenters. The molecule has 2 aromatic rings. The predicted molar refractivity (Wildman–Crippen MR) is 90.5 cm³/mol. The normalized spacial score (nSPS) is 18.1. The molecule has 1 aliphatic heterocycles. The van der Waals surface area contributed by atoms with Gasteiger partial charge in [0.25, 0.3) is 5.91 Å². The van der Waals surface area contributed by atoms with Gasteiger partial charge in [-0.15, -0.1) is 0 Å². The van der Waals surface area contributed by atoms with Crippen LogP contribution in [-0.2, 0) is 11.8 Å². The maximum Gasteiger partial charge on any atom is 0.255 e. The van der Waals surface area contributed by atoms with E-state index in [1.54, 1.807) is 9.58 Å². The van der Waals surface area contributed by atoms with Crippen LogP contribution in [0.5, 0.6) is 0 Å². The van der Waals surface area contributed by atoms with Crippen molar-refractivity contribution >= 4 is 22.8 Å². The summed E-state index contributed by atoms with van der Waals surface area (Å²) in [5, 5.41) is 5.18. The topological polar surface area (TPSA) is 94.1 Å². The number of pyridine rings is 1.